The first-order valence-corrected chi connectivity index (χ1v) is 5.84. The van der Waals surface area contributed by atoms with Gasteiger partial charge >= 0.3 is 0 Å². The fourth-order valence-corrected chi connectivity index (χ4v) is 2.22. The molecule has 1 aromatic heterocycles. The van der Waals surface area contributed by atoms with Crippen molar-refractivity contribution in [2.24, 2.45) is 5.92 Å². The highest BCUT2D eigenvalue weighted by molar-refractivity contribution is 5.82. The molecule has 0 aliphatic carbocycles. The molecule has 86 valence electrons. The number of pyridine rings is 1. The highest BCUT2D eigenvalue weighted by Gasteiger charge is 2.30. The first-order chi connectivity index (χ1) is 7.68. The molecule has 0 aromatic carbocycles. The largest absolute Gasteiger partial charge is 0.299 e. The van der Waals surface area contributed by atoms with Crippen LogP contribution in [0.25, 0.3) is 0 Å². The van der Waals surface area contributed by atoms with Crippen molar-refractivity contribution in [2.45, 2.75) is 32.9 Å². The Morgan fingerprint density at radius 3 is 3.00 bits per heavy atom. The van der Waals surface area contributed by atoms with E-state index >= 15 is 0 Å². The second-order valence-corrected chi connectivity index (χ2v) is 4.58. The lowest BCUT2D eigenvalue weighted by Crippen LogP contribution is -2.46. The van der Waals surface area contributed by atoms with Crippen molar-refractivity contribution in [1.29, 1.82) is 0 Å². The molecule has 1 aliphatic heterocycles. The fourth-order valence-electron chi connectivity index (χ4n) is 2.22. The van der Waals surface area contributed by atoms with Crippen LogP contribution in [0.2, 0.25) is 0 Å². The predicted octanol–water partition coefficient (Wildman–Crippen LogP) is 1.88. The molecule has 2 rings (SSSR count). The first-order valence-electron chi connectivity index (χ1n) is 5.84. The summed E-state index contributed by atoms with van der Waals surface area (Å²) in [7, 11) is 0. The number of rotatable bonds is 2. The monoisotopic (exact) mass is 218 g/mol. The van der Waals surface area contributed by atoms with Crippen LogP contribution >= 0.6 is 0 Å². The molecule has 1 fully saturated rings. The van der Waals surface area contributed by atoms with E-state index in [1.54, 1.807) is 6.20 Å². The van der Waals surface area contributed by atoms with Gasteiger partial charge in [-0.1, -0.05) is 13.0 Å². The number of aromatic nitrogens is 1. The maximum Gasteiger partial charge on any atom is 0.138 e. The van der Waals surface area contributed by atoms with Gasteiger partial charge in [-0.25, -0.2) is 0 Å². The Labute approximate surface area is 96.5 Å². The smallest absolute Gasteiger partial charge is 0.138 e. The quantitative estimate of drug-likeness (QED) is 0.760. The van der Waals surface area contributed by atoms with Crippen LogP contribution in [0.3, 0.4) is 0 Å². The van der Waals surface area contributed by atoms with Gasteiger partial charge in [-0.05, 0) is 18.6 Å². The van der Waals surface area contributed by atoms with Crippen LogP contribution in [0, 0.1) is 5.92 Å². The lowest BCUT2D eigenvalue weighted by atomic mass is 9.90. The van der Waals surface area contributed by atoms with Gasteiger partial charge in [0.2, 0.25) is 0 Å². The Morgan fingerprint density at radius 2 is 2.31 bits per heavy atom. The highest BCUT2D eigenvalue weighted by Crippen LogP contribution is 2.21. The van der Waals surface area contributed by atoms with E-state index in [4.69, 9.17) is 0 Å². The van der Waals surface area contributed by atoms with E-state index in [2.05, 4.69) is 22.9 Å². The molecule has 1 aromatic rings. The third-order valence-electron chi connectivity index (χ3n) is 3.56. The molecule has 1 aliphatic rings. The minimum atomic E-state index is 0.158. The van der Waals surface area contributed by atoms with Crippen molar-refractivity contribution in [3.8, 4) is 0 Å². The van der Waals surface area contributed by atoms with Gasteiger partial charge in [0.15, 0.2) is 0 Å². The van der Waals surface area contributed by atoms with Gasteiger partial charge in [-0.2, -0.15) is 0 Å². The van der Waals surface area contributed by atoms with E-state index in [0.717, 1.165) is 13.1 Å². The van der Waals surface area contributed by atoms with Crippen molar-refractivity contribution in [3.05, 3.63) is 30.1 Å². The van der Waals surface area contributed by atoms with Gasteiger partial charge in [0.25, 0.3) is 0 Å². The van der Waals surface area contributed by atoms with E-state index in [1.165, 1.54) is 5.56 Å². The van der Waals surface area contributed by atoms with Crippen LogP contribution in [-0.4, -0.2) is 28.3 Å². The predicted molar refractivity (Wildman–Crippen MR) is 62.9 cm³/mol. The van der Waals surface area contributed by atoms with Gasteiger partial charge in [0.05, 0.1) is 0 Å². The zero-order chi connectivity index (χ0) is 11.5. The first kappa shape index (κ1) is 11.3. The molecule has 2 heterocycles. The number of carbonyl (C=O) groups excluding carboxylic acids is 1. The lowest BCUT2D eigenvalue weighted by Gasteiger charge is -2.36. The molecular formula is C13H18N2O. The minimum absolute atomic E-state index is 0.158. The number of Topliss-reactive ketones (excluding diaryl/α,β-unsaturated/α-hetero) is 1. The summed E-state index contributed by atoms with van der Waals surface area (Å²) >= 11 is 0. The Hall–Kier alpha value is -1.22. The van der Waals surface area contributed by atoms with Crippen LogP contribution in [0.1, 0.15) is 25.8 Å². The summed E-state index contributed by atoms with van der Waals surface area (Å²) in [5.74, 6) is 0.556. The number of hydrogen-bond acceptors (Lipinski definition) is 3. The summed E-state index contributed by atoms with van der Waals surface area (Å²) in [4.78, 5) is 18.0. The van der Waals surface area contributed by atoms with Crippen LogP contribution < -0.4 is 0 Å². The summed E-state index contributed by atoms with van der Waals surface area (Å²) in [5, 5.41) is 0. The third kappa shape index (κ3) is 2.30. The second-order valence-electron chi connectivity index (χ2n) is 4.58. The molecule has 3 nitrogen and oxygen atoms in total. The molecule has 0 amide bonds. The van der Waals surface area contributed by atoms with Crippen LogP contribution in [0.15, 0.2) is 24.5 Å². The summed E-state index contributed by atoms with van der Waals surface area (Å²) in [6, 6.07) is 4.38. The maximum absolute atomic E-state index is 11.6. The number of piperidine rings is 1. The molecule has 0 N–H and O–H groups in total. The van der Waals surface area contributed by atoms with Gasteiger partial charge in [-0.15, -0.1) is 0 Å². The summed E-state index contributed by atoms with van der Waals surface area (Å²) in [6.07, 6.45) is 4.37. The summed E-state index contributed by atoms with van der Waals surface area (Å²) in [6.45, 7) is 5.94. The fraction of sp³-hybridized carbons (Fsp3) is 0.538. The molecule has 0 bridgehead atoms. The van der Waals surface area contributed by atoms with Crippen LogP contribution in [0.4, 0.5) is 0 Å². The molecular weight excluding hydrogens is 200 g/mol. The standard InChI is InChI=1S/C13H18N2O/c1-10-11(2)15(7-5-13(10)16)9-12-4-3-6-14-8-12/h3-4,6,8,10-11H,5,7,9H2,1-2H3. The normalized spacial score (nSPS) is 27.0. The SMILES string of the molecule is CC1C(=O)CCN(Cc2cccnc2)C1C. The molecule has 0 saturated carbocycles. The average molecular weight is 218 g/mol. The Kier molecular flexibility index (Phi) is 3.34. The van der Waals surface area contributed by atoms with Crippen molar-refractivity contribution in [1.82, 2.24) is 9.88 Å². The Bertz CT molecular complexity index is 363. The molecule has 3 heteroatoms. The van der Waals surface area contributed by atoms with Gasteiger partial charge < -0.3 is 0 Å². The molecule has 2 unspecified atom stereocenters. The molecule has 0 radical (unpaired) electrons. The van der Waals surface area contributed by atoms with Crippen molar-refractivity contribution in [3.63, 3.8) is 0 Å². The van der Waals surface area contributed by atoms with E-state index in [-0.39, 0.29) is 5.92 Å². The highest BCUT2D eigenvalue weighted by atomic mass is 16.1. The minimum Gasteiger partial charge on any atom is -0.299 e. The van der Waals surface area contributed by atoms with Crippen LogP contribution in [0.5, 0.6) is 0 Å². The number of nitrogens with zero attached hydrogens (tertiary/aromatic N) is 2. The maximum atomic E-state index is 11.6. The summed E-state index contributed by atoms with van der Waals surface area (Å²) < 4.78 is 0. The Balaban J connectivity index is 2.03. The van der Waals surface area contributed by atoms with E-state index in [0.29, 0.717) is 18.2 Å². The van der Waals surface area contributed by atoms with Crippen LogP contribution in [-0.2, 0) is 11.3 Å². The number of likely N-dealkylation sites (tertiary alicyclic amines) is 1. The molecule has 2 atom stereocenters. The topological polar surface area (TPSA) is 33.2 Å². The zero-order valence-electron chi connectivity index (χ0n) is 9.89. The zero-order valence-corrected chi connectivity index (χ0v) is 9.89. The van der Waals surface area contributed by atoms with Gasteiger partial charge in [0, 0.05) is 43.9 Å². The van der Waals surface area contributed by atoms with Crippen molar-refractivity contribution >= 4 is 5.78 Å². The number of ketones is 1. The van der Waals surface area contributed by atoms with E-state index < -0.39 is 0 Å². The average Bonchev–Trinajstić information content (AvgIpc) is 2.31. The number of hydrogen-bond donors (Lipinski definition) is 0. The molecule has 16 heavy (non-hydrogen) atoms. The van der Waals surface area contributed by atoms with E-state index in [1.807, 2.05) is 19.2 Å². The third-order valence-corrected chi connectivity index (χ3v) is 3.56. The lowest BCUT2D eigenvalue weighted by molar-refractivity contribution is -0.128. The van der Waals surface area contributed by atoms with Gasteiger partial charge in [-0.3, -0.25) is 14.7 Å². The number of carbonyl (C=O) groups is 1. The Morgan fingerprint density at radius 1 is 1.50 bits per heavy atom. The second kappa shape index (κ2) is 4.74. The van der Waals surface area contributed by atoms with E-state index in [9.17, 15) is 4.79 Å². The molecule has 1 saturated heterocycles. The molecule has 0 spiro atoms. The van der Waals surface area contributed by atoms with Crippen molar-refractivity contribution in [2.75, 3.05) is 6.54 Å². The van der Waals surface area contributed by atoms with Crippen molar-refractivity contribution < 1.29 is 4.79 Å². The van der Waals surface area contributed by atoms with Gasteiger partial charge in [0.1, 0.15) is 5.78 Å². The summed E-state index contributed by atoms with van der Waals surface area (Å²) in [5.41, 5.74) is 1.22.